The molecule has 0 aliphatic heterocycles. The van der Waals surface area contributed by atoms with Gasteiger partial charge in [-0.2, -0.15) is 0 Å². The van der Waals surface area contributed by atoms with Crippen molar-refractivity contribution in [2.24, 2.45) is 5.73 Å². The van der Waals surface area contributed by atoms with E-state index in [1.54, 1.807) is 0 Å². The van der Waals surface area contributed by atoms with E-state index in [1.807, 2.05) is 31.2 Å². The average molecular weight is 271 g/mol. The minimum Gasteiger partial charge on any atom is -0.330 e. The Labute approximate surface area is 116 Å². The number of benzene rings is 1. The maximum Gasteiger partial charge on any atom is 0.224 e. The molecule has 0 saturated carbocycles. The number of hydrogen-bond acceptors (Lipinski definition) is 2. The molecule has 0 aliphatic rings. The Balaban J connectivity index is 0.00000289. The number of unbranched alkanes of at least 4 members (excludes halogenated alkanes) is 3. The molecule has 18 heavy (non-hydrogen) atoms. The van der Waals surface area contributed by atoms with Gasteiger partial charge in [-0.3, -0.25) is 4.79 Å². The molecule has 0 heterocycles. The summed E-state index contributed by atoms with van der Waals surface area (Å²) in [5, 5.41) is 2.91. The summed E-state index contributed by atoms with van der Waals surface area (Å²) >= 11 is 0. The number of carbonyl (C=O) groups is 1. The van der Waals surface area contributed by atoms with Crippen molar-refractivity contribution in [2.75, 3.05) is 11.9 Å². The standard InChI is InChI=1S/C14H22N2O.ClH/c1-12-7-6-8-13(11-12)16-14(17)9-4-2-3-5-10-15;/h6-8,11H,2-5,9-10,15H2,1H3,(H,16,17);1H. The van der Waals surface area contributed by atoms with Crippen LogP contribution in [-0.4, -0.2) is 12.5 Å². The Hall–Kier alpha value is -1.06. The summed E-state index contributed by atoms with van der Waals surface area (Å²) in [6.07, 6.45) is 4.79. The highest BCUT2D eigenvalue weighted by atomic mass is 35.5. The zero-order valence-corrected chi connectivity index (χ0v) is 11.8. The zero-order valence-electron chi connectivity index (χ0n) is 10.9. The Bertz CT molecular complexity index is 355. The molecule has 1 aromatic carbocycles. The molecule has 0 atom stereocenters. The van der Waals surface area contributed by atoms with Crippen molar-refractivity contribution in [3.05, 3.63) is 29.8 Å². The van der Waals surface area contributed by atoms with Crippen LogP contribution in [0.4, 0.5) is 5.69 Å². The van der Waals surface area contributed by atoms with Crippen molar-refractivity contribution in [3.8, 4) is 0 Å². The van der Waals surface area contributed by atoms with Crippen molar-refractivity contribution >= 4 is 24.0 Å². The first-order valence-electron chi connectivity index (χ1n) is 6.29. The third kappa shape index (κ3) is 7.30. The molecule has 0 aliphatic carbocycles. The number of aryl methyl sites for hydroxylation is 1. The monoisotopic (exact) mass is 270 g/mol. The van der Waals surface area contributed by atoms with Gasteiger partial charge in [-0.25, -0.2) is 0 Å². The Morgan fingerprint density at radius 1 is 1.22 bits per heavy atom. The van der Waals surface area contributed by atoms with Crippen LogP contribution in [0.15, 0.2) is 24.3 Å². The summed E-state index contributed by atoms with van der Waals surface area (Å²) in [7, 11) is 0. The molecule has 0 unspecified atom stereocenters. The molecular formula is C14H23ClN2O. The topological polar surface area (TPSA) is 55.1 Å². The smallest absolute Gasteiger partial charge is 0.224 e. The maximum atomic E-state index is 11.6. The lowest BCUT2D eigenvalue weighted by atomic mass is 10.1. The van der Waals surface area contributed by atoms with E-state index >= 15 is 0 Å². The lowest BCUT2D eigenvalue weighted by molar-refractivity contribution is -0.116. The number of rotatable bonds is 7. The van der Waals surface area contributed by atoms with Crippen molar-refractivity contribution in [3.63, 3.8) is 0 Å². The molecule has 1 aromatic rings. The van der Waals surface area contributed by atoms with Gasteiger partial charge in [0.2, 0.25) is 5.91 Å². The first-order valence-corrected chi connectivity index (χ1v) is 6.29. The second-order valence-electron chi connectivity index (χ2n) is 4.37. The van der Waals surface area contributed by atoms with Crippen LogP contribution < -0.4 is 11.1 Å². The molecular weight excluding hydrogens is 248 g/mol. The summed E-state index contributed by atoms with van der Waals surface area (Å²) < 4.78 is 0. The Kier molecular flexibility index (Phi) is 9.33. The van der Waals surface area contributed by atoms with Crippen LogP contribution in [0, 0.1) is 6.92 Å². The second kappa shape index (κ2) is 9.92. The molecule has 0 aromatic heterocycles. The minimum atomic E-state index is 0. The highest BCUT2D eigenvalue weighted by Gasteiger charge is 2.01. The van der Waals surface area contributed by atoms with Gasteiger partial charge in [0.05, 0.1) is 0 Å². The Morgan fingerprint density at radius 2 is 1.94 bits per heavy atom. The predicted octanol–water partition coefficient (Wildman–Crippen LogP) is 3.26. The molecule has 3 nitrogen and oxygen atoms in total. The van der Waals surface area contributed by atoms with Gasteiger partial charge in [-0.05, 0) is 44.0 Å². The summed E-state index contributed by atoms with van der Waals surface area (Å²) in [5.41, 5.74) is 7.45. The number of amides is 1. The van der Waals surface area contributed by atoms with Crippen LogP contribution in [0.3, 0.4) is 0 Å². The summed E-state index contributed by atoms with van der Waals surface area (Å²) in [6, 6.07) is 7.86. The van der Waals surface area contributed by atoms with E-state index in [1.165, 1.54) is 0 Å². The Morgan fingerprint density at radius 3 is 2.61 bits per heavy atom. The number of nitrogens with two attached hydrogens (primary N) is 1. The van der Waals surface area contributed by atoms with Crippen LogP contribution in [0.1, 0.15) is 37.7 Å². The molecule has 0 spiro atoms. The summed E-state index contributed by atoms with van der Waals surface area (Å²) in [4.78, 5) is 11.6. The molecule has 0 radical (unpaired) electrons. The molecule has 4 heteroatoms. The van der Waals surface area contributed by atoms with Crippen LogP contribution in [0.5, 0.6) is 0 Å². The lowest BCUT2D eigenvalue weighted by Crippen LogP contribution is -2.11. The maximum absolute atomic E-state index is 11.6. The third-order valence-electron chi connectivity index (χ3n) is 2.66. The van der Waals surface area contributed by atoms with E-state index in [9.17, 15) is 4.79 Å². The van der Waals surface area contributed by atoms with E-state index in [0.717, 1.165) is 43.5 Å². The van der Waals surface area contributed by atoms with Crippen molar-refractivity contribution in [1.29, 1.82) is 0 Å². The van der Waals surface area contributed by atoms with Gasteiger partial charge in [0, 0.05) is 12.1 Å². The molecule has 1 amide bonds. The van der Waals surface area contributed by atoms with Gasteiger partial charge in [0.25, 0.3) is 0 Å². The summed E-state index contributed by atoms with van der Waals surface area (Å²) in [6.45, 7) is 2.76. The van der Waals surface area contributed by atoms with E-state index in [-0.39, 0.29) is 18.3 Å². The van der Waals surface area contributed by atoms with Crippen molar-refractivity contribution < 1.29 is 4.79 Å². The molecule has 102 valence electrons. The second-order valence-corrected chi connectivity index (χ2v) is 4.37. The van der Waals surface area contributed by atoms with Gasteiger partial charge in [0.1, 0.15) is 0 Å². The largest absolute Gasteiger partial charge is 0.330 e. The minimum absolute atomic E-state index is 0. The van der Waals surface area contributed by atoms with Crippen LogP contribution in [0.2, 0.25) is 0 Å². The fourth-order valence-corrected chi connectivity index (χ4v) is 1.73. The molecule has 1 rings (SSSR count). The van der Waals surface area contributed by atoms with E-state index < -0.39 is 0 Å². The highest BCUT2D eigenvalue weighted by molar-refractivity contribution is 5.90. The van der Waals surface area contributed by atoms with Crippen molar-refractivity contribution in [1.82, 2.24) is 0 Å². The van der Waals surface area contributed by atoms with Crippen molar-refractivity contribution in [2.45, 2.75) is 39.0 Å². The summed E-state index contributed by atoms with van der Waals surface area (Å²) in [5.74, 6) is 0.100. The lowest BCUT2D eigenvalue weighted by Gasteiger charge is -2.05. The number of hydrogen-bond donors (Lipinski definition) is 2. The predicted molar refractivity (Wildman–Crippen MR) is 79.2 cm³/mol. The molecule has 0 fully saturated rings. The quantitative estimate of drug-likeness (QED) is 0.747. The first-order chi connectivity index (χ1) is 8.22. The van der Waals surface area contributed by atoms with Crippen LogP contribution >= 0.6 is 12.4 Å². The fourth-order valence-electron chi connectivity index (χ4n) is 1.73. The SMILES string of the molecule is Cc1cccc(NC(=O)CCCCCCN)c1.Cl. The number of halogens is 1. The fraction of sp³-hybridized carbons (Fsp3) is 0.500. The van der Waals surface area contributed by atoms with Gasteiger partial charge in [-0.15, -0.1) is 12.4 Å². The highest BCUT2D eigenvalue weighted by Crippen LogP contribution is 2.11. The number of carbonyl (C=O) groups excluding carboxylic acids is 1. The number of nitrogens with one attached hydrogen (secondary N) is 1. The van der Waals surface area contributed by atoms with E-state index in [0.29, 0.717) is 6.42 Å². The molecule has 0 bridgehead atoms. The van der Waals surface area contributed by atoms with Gasteiger partial charge >= 0.3 is 0 Å². The molecule has 3 N–H and O–H groups in total. The van der Waals surface area contributed by atoms with E-state index in [2.05, 4.69) is 5.32 Å². The molecule has 0 saturated heterocycles. The van der Waals surface area contributed by atoms with Crippen LogP contribution in [0.25, 0.3) is 0 Å². The van der Waals surface area contributed by atoms with E-state index in [4.69, 9.17) is 5.73 Å². The van der Waals surface area contributed by atoms with Gasteiger partial charge < -0.3 is 11.1 Å². The number of anilines is 1. The normalized spacial score (nSPS) is 9.67. The first kappa shape index (κ1) is 16.9. The van der Waals surface area contributed by atoms with Crippen LogP contribution in [-0.2, 0) is 4.79 Å². The van der Waals surface area contributed by atoms with Gasteiger partial charge in [0.15, 0.2) is 0 Å². The van der Waals surface area contributed by atoms with Gasteiger partial charge in [-0.1, -0.05) is 25.0 Å². The third-order valence-corrected chi connectivity index (χ3v) is 2.66. The zero-order chi connectivity index (χ0) is 12.5. The average Bonchev–Trinajstić information content (AvgIpc) is 2.29.